The molecule has 0 unspecified atom stereocenters. The van der Waals surface area contributed by atoms with Crippen molar-refractivity contribution in [2.75, 3.05) is 6.54 Å². The van der Waals surface area contributed by atoms with Gasteiger partial charge >= 0.3 is 0 Å². The maximum absolute atomic E-state index is 12.2. The van der Waals surface area contributed by atoms with Gasteiger partial charge in [-0.2, -0.15) is 0 Å². The summed E-state index contributed by atoms with van der Waals surface area (Å²) in [6.45, 7) is 2.31. The highest BCUT2D eigenvalue weighted by molar-refractivity contribution is 9.11. The lowest BCUT2D eigenvalue weighted by atomic mass is 9.97. The first kappa shape index (κ1) is 15.2. The molecule has 0 aromatic carbocycles. The van der Waals surface area contributed by atoms with E-state index in [4.69, 9.17) is 0 Å². The second kappa shape index (κ2) is 6.52. The summed E-state index contributed by atoms with van der Waals surface area (Å²) in [7, 11) is -3.37. The lowest BCUT2D eigenvalue weighted by molar-refractivity contribution is 0.579. The maximum atomic E-state index is 12.2. The fourth-order valence-electron chi connectivity index (χ4n) is 2.25. The Morgan fingerprint density at radius 2 is 2.21 bits per heavy atom. The smallest absolute Gasteiger partial charge is 0.211 e. The van der Waals surface area contributed by atoms with E-state index in [0.29, 0.717) is 11.4 Å². The van der Waals surface area contributed by atoms with Gasteiger partial charge in [-0.3, -0.25) is 0 Å². The minimum atomic E-state index is -3.37. The van der Waals surface area contributed by atoms with Gasteiger partial charge in [0.25, 0.3) is 0 Å². The Balaban J connectivity index is 1.94. The van der Waals surface area contributed by atoms with Crippen LogP contribution in [0.25, 0.3) is 0 Å². The van der Waals surface area contributed by atoms with E-state index in [1.54, 1.807) is 6.07 Å². The Morgan fingerprint density at radius 1 is 1.42 bits per heavy atom. The molecule has 1 aliphatic carbocycles. The highest BCUT2D eigenvalue weighted by Gasteiger charge is 2.19. The molecule has 6 heteroatoms. The van der Waals surface area contributed by atoms with Gasteiger partial charge in [0, 0.05) is 11.4 Å². The van der Waals surface area contributed by atoms with Crippen LogP contribution in [0.3, 0.4) is 0 Å². The van der Waals surface area contributed by atoms with Gasteiger partial charge < -0.3 is 0 Å². The zero-order chi connectivity index (χ0) is 13.9. The highest BCUT2D eigenvalue weighted by Crippen LogP contribution is 2.29. The van der Waals surface area contributed by atoms with E-state index in [2.05, 4.69) is 26.7 Å². The lowest BCUT2D eigenvalue weighted by Crippen LogP contribution is -2.25. The molecule has 0 bridgehead atoms. The molecule has 0 saturated carbocycles. The van der Waals surface area contributed by atoms with E-state index in [9.17, 15) is 8.42 Å². The average molecular weight is 364 g/mol. The highest BCUT2D eigenvalue weighted by atomic mass is 79.9. The molecule has 1 aliphatic rings. The summed E-state index contributed by atoms with van der Waals surface area (Å²) in [6, 6.07) is 1.67. The molecule has 0 aliphatic heterocycles. The molecule has 1 heterocycles. The van der Waals surface area contributed by atoms with E-state index < -0.39 is 10.0 Å². The summed E-state index contributed by atoms with van der Waals surface area (Å²) < 4.78 is 27.9. The van der Waals surface area contributed by atoms with Crippen molar-refractivity contribution in [3.05, 3.63) is 26.4 Å². The Hall–Kier alpha value is -0.170. The molecular weight excluding hydrogens is 346 g/mol. The fourth-order valence-corrected chi connectivity index (χ4v) is 5.70. The molecule has 0 amide bonds. The van der Waals surface area contributed by atoms with Crippen LogP contribution >= 0.6 is 27.3 Å². The third-order valence-electron chi connectivity index (χ3n) is 3.25. The predicted molar refractivity (Wildman–Crippen MR) is 83.1 cm³/mol. The normalized spacial score (nSPS) is 16.4. The van der Waals surface area contributed by atoms with Crippen molar-refractivity contribution < 1.29 is 8.42 Å². The Kier molecular flexibility index (Phi) is 5.22. The average Bonchev–Trinajstić information content (AvgIpc) is 2.70. The Bertz CT molecular complexity index is 575. The number of nitrogens with one attached hydrogen (secondary N) is 1. The summed E-state index contributed by atoms with van der Waals surface area (Å²) in [6.07, 6.45) is 7.82. The van der Waals surface area contributed by atoms with Crippen LogP contribution in [0.1, 0.15) is 37.0 Å². The molecule has 0 saturated heterocycles. The number of allylic oxidation sites excluding steroid dienone is 1. The van der Waals surface area contributed by atoms with Crippen LogP contribution in [-0.2, 0) is 10.0 Å². The van der Waals surface area contributed by atoms with Gasteiger partial charge in [0.15, 0.2) is 0 Å². The third kappa shape index (κ3) is 4.15. The van der Waals surface area contributed by atoms with Crippen LogP contribution in [0, 0.1) is 6.92 Å². The van der Waals surface area contributed by atoms with Crippen LogP contribution in [0.5, 0.6) is 0 Å². The number of rotatable bonds is 5. The summed E-state index contributed by atoms with van der Waals surface area (Å²) in [5.74, 6) is 0. The van der Waals surface area contributed by atoms with Crippen LogP contribution in [0.15, 0.2) is 26.4 Å². The number of hydrogen-bond acceptors (Lipinski definition) is 3. The van der Waals surface area contributed by atoms with E-state index in [1.807, 2.05) is 6.92 Å². The van der Waals surface area contributed by atoms with Crippen molar-refractivity contribution >= 4 is 37.3 Å². The number of hydrogen-bond donors (Lipinski definition) is 1. The minimum Gasteiger partial charge on any atom is -0.211 e. The molecule has 1 aromatic rings. The van der Waals surface area contributed by atoms with Crippen molar-refractivity contribution in [3.63, 3.8) is 0 Å². The van der Waals surface area contributed by atoms with Gasteiger partial charge in [0.05, 0.1) is 8.68 Å². The molecular formula is C13H18BrNO2S2. The SMILES string of the molecule is Cc1sc(Br)cc1S(=O)(=O)NCCC1=CCCCC1. The van der Waals surface area contributed by atoms with Gasteiger partial charge in [-0.1, -0.05) is 11.6 Å². The predicted octanol–water partition coefficient (Wildman–Crippen LogP) is 3.99. The number of sulfonamides is 1. The van der Waals surface area contributed by atoms with E-state index in [0.717, 1.165) is 27.9 Å². The van der Waals surface area contributed by atoms with Crippen molar-refractivity contribution in [3.8, 4) is 0 Å². The largest absolute Gasteiger partial charge is 0.241 e. The third-order valence-corrected chi connectivity index (χ3v) is 6.52. The first-order chi connectivity index (χ1) is 8.99. The molecule has 1 N–H and O–H groups in total. The molecule has 2 rings (SSSR count). The van der Waals surface area contributed by atoms with Gasteiger partial charge in [-0.25, -0.2) is 13.1 Å². The summed E-state index contributed by atoms with van der Waals surface area (Å²) in [5.41, 5.74) is 1.39. The van der Waals surface area contributed by atoms with Crippen molar-refractivity contribution in [2.24, 2.45) is 0 Å². The molecule has 0 atom stereocenters. The standard InChI is InChI=1S/C13H18BrNO2S2/c1-10-12(9-13(14)18-10)19(16,17)15-8-7-11-5-3-2-4-6-11/h5,9,15H,2-4,6-8H2,1H3. The first-order valence-corrected chi connectivity index (χ1v) is 9.52. The summed E-state index contributed by atoms with van der Waals surface area (Å²) in [4.78, 5) is 1.21. The lowest BCUT2D eigenvalue weighted by Gasteiger charge is -2.13. The monoisotopic (exact) mass is 363 g/mol. The van der Waals surface area contributed by atoms with Crippen LogP contribution in [-0.4, -0.2) is 15.0 Å². The van der Waals surface area contributed by atoms with Gasteiger partial charge in [-0.05, 0) is 61.0 Å². The zero-order valence-electron chi connectivity index (χ0n) is 10.9. The van der Waals surface area contributed by atoms with Crippen LogP contribution in [0.4, 0.5) is 0 Å². The van der Waals surface area contributed by atoms with Crippen molar-refractivity contribution in [2.45, 2.75) is 43.9 Å². The molecule has 106 valence electrons. The van der Waals surface area contributed by atoms with E-state index in [1.165, 1.54) is 29.8 Å². The number of aryl methyl sites for hydroxylation is 1. The second-order valence-corrected chi connectivity index (χ2v) is 9.10. The Morgan fingerprint density at radius 3 is 2.79 bits per heavy atom. The summed E-state index contributed by atoms with van der Waals surface area (Å²) >= 11 is 4.77. The summed E-state index contributed by atoms with van der Waals surface area (Å²) in [5, 5.41) is 0. The van der Waals surface area contributed by atoms with Crippen molar-refractivity contribution in [1.29, 1.82) is 0 Å². The molecule has 0 spiro atoms. The molecule has 3 nitrogen and oxygen atoms in total. The molecule has 0 fully saturated rings. The van der Waals surface area contributed by atoms with E-state index in [-0.39, 0.29) is 0 Å². The first-order valence-electron chi connectivity index (χ1n) is 6.42. The van der Waals surface area contributed by atoms with Gasteiger partial charge in [0.1, 0.15) is 0 Å². The molecule has 1 aromatic heterocycles. The minimum absolute atomic E-state index is 0.391. The molecule has 0 radical (unpaired) electrons. The second-order valence-electron chi connectivity index (χ2n) is 4.73. The Labute approximate surface area is 127 Å². The molecule has 19 heavy (non-hydrogen) atoms. The van der Waals surface area contributed by atoms with Crippen molar-refractivity contribution in [1.82, 2.24) is 4.72 Å². The maximum Gasteiger partial charge on any atom is 0.241 e. The van der Waals surface area contributed by atoms with E-state index >= 15 is 0 Å². The fraction of sp³-hybridized carbons (Fsp3) is 0.538. The topological polar surface area (TPSA) is 46.2 Å². The quantitative estimate of drug-likeness (QED) is 0.803. The van der Waals surface area contributed by atoms with Crippen LogP contribution < -0.4 is 4.72 Å². The van der Waals surface area contributed by atoms with Gasteiger partial charge in [-0.15, -0.1) is 11.3 Å². The number of halogens is 1. The van der Waals surface area contributed by atoms with Crippen LogP contribution in [0.2, 0.25) is 0 Å². The zero-order valence-corrected chi connectivity index (χ0v) is 14.1. The number of thiophene rings is 1. The van der Waals surface area contributed by atoms with Gasteiger partial charge in [0.2, 0.25) is 10.0 Å².